The van der Waals surface area contributed by atoms with Gasteiger partial charge in [-0.3, -0.25) is 71.9 Å². The number of nitrogens with one attached hydrogen (secondary N) is 6. The molecule has 0 aliphatic carbocycles. The van der Waals surface area contributed by atoms with Crippen molar-refractivity contribution in [2.24, 2.45) is 34.4 Å². The lowest BCUT2D eigenvalue weighted by Gasteiger charge is -2.14. The number of ketones is 3. The number of hydroxylamine groups is 6. The number of hydrogen-bond donors (Lipinski definition) is 18. The molecule has 0 aromatic heterocycles. The summed E-state index contributed by atoms with van der Waals surface area (Å²) in [6, 6.07) is -4.82. The largest absolute Gasteiger partial charge is 0.480 e. The van der Waals surface area contributed by atoms with Gasteiger partial charge in [-0.25, -0.2) is 28.8 Å². The van der Waals surface area contributed by atoms with Crippen LogP contribution in [0.25, 0.3) is 0 Å². The van der Waals surface area contributed by atoms with Crippen LogP contribution in [-0.4, -0.2) is 263 Å². The van der Waals surface area contributed by atoms with Gasteiger partial charge in [-0.1, -0.05) is 105 Å². The Morgan fingerprint density at radius 3 is 0.667 bits per heavy atom. The predicted molar refractivity (Wildman–Crippen MR) is 526 cm³/mol. The maximum Gasteiger partial charge on any atom is 0.333 e. The van der Waals surface area contributed by atoms with Gasteiger partial charge in [-0.2, -0.15) is 0 Å². The van der Waals surface area contributed by atoms with E-state index in [1.54, 1.807) is 0 Å². The second-order valence-corrected chi connectivity index (χ2v) is 30.8. The van der Waals surface area contributed by atoms with E-state index in [9.17, 15) is 115 Å². The number of aliphatic carboxylic acids is 6. The van der Waals surface area contributed by atoms with E-state index >= 15 is 0 Å². The molecule has 141 heavy (non-hydrogen) atoms. The summed E-state index contributed by atoms with van der Waals surface area (Å²) in [5.41, 5.74) is 31.3. The van der Waals surface area contributed by atoms with Crippen molar-refractivity contribution in [3.8, 4) is 0 Å². The number of carbonyl (C=O) groups excluding carboxylic acids is 18. The fraction of sp³-hybridized carbons (Fsp3) is 0.742. The molecule has 3 aliphatic rings. The first kappa shape index (κ1) is 155. The minimum absolute atomic E-state index is 0. The number of rotatable bonds is 60. The topological polar surface area (TPSA) is 797 Å². The highest BCUT2D eigenvalue weighted by Gasteiger charge is 2.35. The van der Waals surface area contributed by atoms with Crippen molar-refractivity contribution in [1.29, 1.82) is 0 Å². The standard InChI is InChI=1S/C16H26N2O6.2C14H26N2O4.C9H11NO5.2C8H11NO4.3C6H14N2O2.6CH4/c1-11(19)6-8-14(21)17-10-4-3-5-13(16(23)24)18-15(22)9-7-12(2)20;2*1-3-7-12(17)15-10-6-5-9-11(14(19)20)16-13(18)8-4-2;1-6(11)2-5-9(14)15-10-7(12)3-4-8(10)13;2*1-2-3-8(12)13-9-6(10)4-5-7(9)11;3*7-4-2-1-3-5(8)6(9)10;;;;;;/h13H,3-10H2,1-2H3,(H,17,21)(H,18,22)(H,23,24);2*11H,3-10H2,1-2H3,(H,15,17)(H,16,18)(H,19,20);2-5H2,1H3;2*2-5H2,1H3;3*5H,1-4,7-8H2,(H,9,10);6*1H4. The molecule has 3 fully saturated rings. The number of hydrogen-bond acceptors (Lipinski definition) is 33. The fourth-order valence-electron chi connectivity index (χ4n) is 10.4. The van der Waals surface area contributed by atoms with Crippen LogP contribution in [0.1, 0.15) is 377 Å². The third-order valence-electron chi connectivity index (χ3n) is 18.0. The summed E-state index contributed by atoms with van der Waals surface area (Å²) < 4.78 is 0. The molecule has 3 heterocycles. The van der Waals surface area contributed by atoms with Gasteiger partial charge >= 0.3 is 53.7 Å². The van der Waals surface area contributed by atoms with Gasteiger partial charge < -0.3 is 126 Å². The summed E-state index contributed by atoms with van der Waals surface area (Å²) in [7, 11) is 0. The number of unbranched alkanes of at least 4 members (excludes halogenated alkanes) is 6. The third-order valence-corrected chi connectivity index (χ3v) is 18.0. The molecule has 0 radical (unpaired) electrons. The summed E-state index contributed by atoms with van der Waals surface area (Å²) in [5.74, 6) is -11.9. The number of carbonyl (C=O) groups is 24. The Morgan fingerprint density at radius 1 is 0.270 bits per heavy atom. The molecule has 0 saturated carbocycles. The van der Waals surface area contributed by atoms with Crippen LogP contribution in [0.2, 0.25) is 0 Å². The third kappa shape index (κ3) is 94.3. The maximum absolute atomic E-state index is 11.6. The van der Waals surface area contributed by atoms with Gasteiger partial charge in [0.15, 0.2) is 0 Å². The summed E-state index contributed by atoms with van der Waals surface area (Å²) in [4.78, 5) is 276. The summed E-state index contributed by atoms with van der Waals surface area (Å²) in [5, 5.41) is 69.3. The molecule has 6 unspecified atom stereocenters. The van der Waals surface area contributed by atoms with Gasteiger partial charge in [0, 0.05) is 129 Å². The first-order valence-corrected chi connectivity index (χ1v) is 45.7. The summed E-state index contributed by atoms with van der Waals surface area (Å²) in [6.07, 6.45) is 18.8. The second-order valence-electron chi connectivity index (χ2n) is 30.8. The average Bonchev–Trinajstić information content (AvgIpc) is 1.74. The Labute approximate surface area is 832 Å². The van der Waals surface area contributed by atoms with Crippen LogP contribution in [0.3, 0.4) is 0 Å². The molecule has 0 spiro atoms. The van der Waals surface area contributed by atoms with E-state index in [0.717, 1.165) is 51.4 Å². The van der Waals surface area contributed by atoms with Crippen molar-refractivity contribution in [3.05, 3.63) is 0 Å². The van der Waals surface area contributed by atoms with Gasteiger partial charge in [0.1, 0.15) is 53.6 Å². The van der Waals surface area contributed by atoms with Crippen LogP contribution < -0.4 is 66.3 Å². The number of nitrogens with two attached hydrogens (primary N) is 6. The van der Waals surface area contributed by atoms with Gasteiger partial charge in [0.25, 0.3) is 35.4 Å². The summed E-state index contributed by atoms with van der Waals surface area (Å²) >= 11 is 0. The Kier molecular flexibility index (Phi) is 109. The molecular weight excluding hydrogens is 1860 g/mol. The molecule has 0 bridgehead atoms. The minimum atomic E-state index is -1.13. The van der Waals surface area contributed by atoms with Crippen LogP contribution in [0.15, 0.2) is 0 Å². The molecule has 48 heteroatoms. The zero-order chi connectivity index (χ0) is 104. The highest BCUT2D eigenvalue weighted by atomic mass is 16.7. The lowest BCUT2D eigenvalue weighted by Crippen LogP contribution is -2.40. The molecule has 6 atom stereocenters. The first-order chi connectivity index (χ1) is 63.6. The van der Waals surface area contributed by atoms with Gasteiger partial charge in [0.2, 0.25) is 35.4 Å². The number of nitrogens with zero attached hydrogens (tertiary/aromatic N) is 3. The molecule has 3 rings (SSSR count). The monoisotopic (exact) mass is 2030 g/mol. The molecule has 3 saturated heterocycles. The molecule has 822 valence electrons. The van der Waals surface area contributed by atoms with Gasteiger partial charge in [-0.15, -0.1) is 15.2 Å². The first-order valence-electron chi connectivity index (χ1n) is 45.7. The highest BCUT2D eigenvalue weighted by molar-refractivity contribution is 6.03. The van der Waals surface area contributed by atoms with Crippen molar-refractivity contribution in [2.45, 2.75) is 413 Å². The number of Topliss-reactive ketones (excluding diaryl/α,β-unsaturated/α-hetero) is 3. The number of imide groups is 3. The SMILES string of the molecule is C.C.C.C.C.C.CC(=O)CCC(=O)NCCCCC(NC(=O)CCC(C)=O)C(=O)O.CC(=O)CCC(=O)ON1C(=O)CCC1=O.CCCC(=O)NCCCCC(NC(=O)CCC)C(=O)O.CCCC(=O)NCCCCC(NC(=O)CCC)C(=O)O.CCCC(=O)ON1C(=O)CCC1=O.CCCC(=O)ON1C(=O)CCC1=O.NCCCCC(N)C(=O)O.NCCCCC(N)C(=O)O.NCCCCC(N)C(=O)O. The van der Waals surface area contributed by atoms with E-state index < -0.39 is 131 Å². The molecule has 24 N–H and O–H groups in total. The van der Waals surface area contributed by atoms with Crippen LogP contribution in [0, 0.1) is 0 Å². The van der Waals surface area contributed by atoms with E-state index in [0.29, 0.717) is 176 Å². The van der Waals surface area contributed by atoms with Crippen molar-refractivity contribution in [2.75, 3.05) is 39.3 Å². The lowest BCUT2D eigenvalue weighted by atomic mass is 10.1. The van der Waals surface area contributed by atoms with Crippen molar-refractivity contribution in [3.63, 3.8) is 0 Å². The van der Waals surface area contributed by atoms with Crippen molar-refractivity contribution >= 4 is 142 Å². The Bertz CT molecular complexity index is 3430. The fourth-order valence-corrected chi connectivity index (χ4v) is 10.4. The van der Waals surface area contributed by atoms with E-state index in [1.807, 2.05) is 41.5 Å². The molecule has 12 amide bonds. The van der Waals surface area contributed by atoms with E-state index in [1.165, 1.54) is 20.8 Å². The smallest absolute Gasteiger partial charge is 0.333 e. The molecular formula is C93H177N15O33. The minimum Gasteiger partial charge on any atom is -0.480 e. The molecule has 3 aliphatic heterocycles. The normalized spacial score (nSPS) is 12.7. The average molecular weight is 2030 g/mol. The molecule has 0 aromatic rings. The number of carboxylic acids is 6. The van der Waals surface area contributed by atoms with E-state index in [4.69, 9.17) is 65.0 Å². The maximum atomic E-state index is 11.6. The quantitative estimate of drug-likeness (QED) is 0.0225. The van der Waals surface area contributed by atoms with E-state index in [2.05, 4.69) is 46.4 Å². The predicted octanol–water partition coefficient (Wildman–Crippen LogP) is 6.61. The van der Waals surface area contributed by atoms with Crippen LogP contribution in [-0.2, 0) is 130 Å². The van der Waals surface area contributed by atoms with Crippen molar-refractivity contribution in [1.82, 2.24) is 47.1 Å². The van der Waals surface area contributed by atoms with Gasteiger partial charge in [0.05, 0.1) is 6.42 Å². The zero-order valence-corrected chi connectivity index (χ0v) is 79.9. The Morgan fingerprint density at radius 2 is 0.461 bits per heavy atom. The van der Waals surface area contributed by atoms with Gasteiger partial charge in [-0.05, 0) is 175 Å². The van der Waals surface area contributed by atoms with Crippen LogP contribution in [0.4, 0.5) is 0 Å². The number of carboxylic acid groups (broad SMARTS) is 6. The molecule has 0 aromatic carbocycles. The zero-order valence-electron chi connectivity index (χ0n) is 79.9. The van der Waals surface area contributed by atoms with Crippen LogP contribution >= 0.6 is 0 Å². The molecule has 48 nitrogen and oxygen atoms in total. The van der Waals surface area contributed by atoms with Crippen molar-refractivity contribution < 1.29 is 160 Å². The lowest BCUT2D eigenvalue weighted by molar-refractivity contribution is -0.197. The second kappa shape index (κ2) is 99.8. The Balaban J connectivity index is -0.000000134. The van der Waals surface area contributed by atoms with Crippen LogP contribution in [0.5, 0.6) is 0 Å². The Hall–Kier alpha value is -11.8. The summed E-state index contributed by atoms with van der Waals surface area (Å²) in [6.45, 7) is 18.7. The van der Waals surface area contributed by atoms with E-state index in [-0.39, 0.29) is 188 Å². The number of amides is 12. The highest BCUT2D eigenvalue weighted by Crippen LogP contribution is 2.17.